The van der Waals surface area contributed by atoms with Crippen molar-refractivity contribution in [1.29, 1.82) is 0 Å². The fraction of sp³-hybridized carbons (Fsp3) is 0.231. The number of rotatable bonds is 4. The van der Waals surface area contributed by atoms with E-state index in [1.807, 2.05) is 25.1 Å². The SMILES string of the molecule is C=C(C)CNCc1nc2ccccc2c(=O)[nH]1. The number of hydrogen-bond acceptors (Lipinski definition) is 3. The first-order chi connectivity index (χ1) is 8.16. The lowest BCUT2D eigenvalue weighted by Gasteiger charge is -2.04. The van der Waals surface area contributed by atoms with Crippen LogP contribution in [-0.2, 0) is 6.54 Å². The molecule has 0 saturated heterocycles. The molecule has 0 fully saturated rings. The van der Waals surface area contributed by atoms with E-state index >= 15 is 0 Å². The number of hydrogen-bond donors (Lipinski definition) is 2. The second kappa shape index (κ2) is 4.93. The highest BCUT2D eigenvalue weighted by Crippen LogP contribution is 2.05. The first kappa shape index (κ1) is 11.5. The van der Waals surface area contributed by atoms with Crippen molar-refractivity contribution in [1.82, 2.24) is 15.3 Å². The van der Waals surface area contributed by atoms with Gasteiger partial charge in [0.1, 0.15) is 5.82 Å². The molecule has 88 valence electrons. The number of nitrogens with zero attached hydrogens (tertiary/aromatic N) is 1. The molecule has 0 bridgehead atoms. The van der Waals surface area contributed by atoms with Gasteiger partial charge in [0.05, 0.1) is 17.4 Å². The summed E-state index contributed by atoms with van der Waals surface area (Å²) in [5.74, 6) is 0.648. The number of aromatic amines is 1. The molecule has 0 amide bonds. The Balaban J connectivity index is 2.25. The molecular formula is C13H15N3O. The van der Waals surface area contributed by atoms with Gasteiger partial charge in [-0.1, -0.05) is 24.3 Å². The van der Waals surface area contributed by atoms with Gasteiger partial charge in [0.2, 0.25) is 0 Å². The van der Waals surface area contributed by atoms with Crippen LogP contribution in [0.15, 0.2) is 41.2 Å². The van der Waals surface area contributed by atoms with E-state index in [0.717, 1.165) is 17.6 Å². The topological polar surface area (TPSA) is 57.8 Å². The first-order valence-electron chi connectivity index (χ1n) is 5.50. The molecule has 1 aromatic carbocycles. The van der Waals surface area contributed by atoms with Gasteiger partial charge in [-0.3, -0.25) is 4.79 Å². The van der Waals surface area contributed by atoms with Gasteiger partial charge in [-0.2, -0.15) is 0 Å². The number of benzene rings is 1. The summed E-state index contributed by atoms with van der Waals surface area (Å²) in [5.41, 5.74) is 1.68. The van der Waals surface area contributed by atoms with Crippen molar-refractivity contribution >= 4 is 10.9 Å². The molecule has 2 N–H and O–H groups in total. The van der Waals surface area contributed by atoms with E-state index in [1.165, 1.54) is 0 Å². The van der Waals surface area contributed by atoms with Gasteiger partial charge >= 0.3 is 0 Å². The molecule has 4 heteroatoms. The minimum Gasteiger partial charge on any atom is -0.309 e. The third-order valence-electron chi connectivity index (χ3n) is 2.38. The highest BCUT2D eigenvalue weighted by Gasteiger charge is 2.02. The second-order valence-electron chi connectivity index (χ2n) is 4.09. The van der Waals surface area contributed by atoms with Crippen LogP contribution in [0.5, 0.6) is 0 Å². The molecule has 0 aliphatic heterocycles. The predicted octanol–water partition coefficient (Wildman–Crippen LogP) is 1.59. The Morgan fingerprint density at radius 1 is 1.47 bits per heavy atom. The van der Waals surface area contributed by atoms with E-state index in [2.05, 4.69) is 21.9 Å². The largest absolute Gasteiger partial charge is 0.309 e. The molecule has 1 heterocycles. The van der Waals surface area contributed by atoms with Crippen LogP contribution in [0.2, 0.25) is 0 Å². The van der Waals surface area contributed by atoms with Gasteiger partial charge in [-0.15, -0.1) is 0 Å². The summed E-state index contributed by atoms with van der Waals surface area (Å²) < 4.78 is 0. The molecular weight excluding hydrogens is 214 g/mol. The molecule has 0 spiro atoms. The van der Waals surface area contributed by atoms with Crippen LogP contribution < -0.4 is 10.9 Å². The Morgan fingerprint density at radius 3 is 3.00 bits per heavy atom. The molecule has 0 atom stereocenters. The maximum absolute atomic E-state index is 11.8. The number of H-pyrrole nitrogens is 1. The van der Waals surface area contributed by atoms with Gasteiger partial charge < -0.3 is 10.3 Å². The molecule has 0 aliphatic rings. The van der Waals surface area contributed by atoms with Crippen LogP contribution in [0.3, 0.4) is 0 Å². The maximum Gasteiger partial charge on any atom is 0.258 e. The van der Waals surface area contributed by atoms with Crippen molar-refractivity contribution in [2.24, 2.45) is 0 Å². The first-order valence-corrected chi connectivity index (χ1v) is 5.50. The zero-order chi connectivity index (χ0) is 12.3. The quantitative estimate of drug-likeness (QED) is 0.783. The highest BCUT2D eigenvalue weighted by atomic mass is 16.1. The molecule has 2 rings (SSSR count). The van der Waals surface area contributed by atoms with Crippen LogP contribution in [0.4, 0.5) is 0 Å². The fourth-order valence-corrected chi connectivity index (χ4v) is 1.61. The Labute approximate surface area is 99.4 Å². The van der Waals surface area contributed by atoms with E-state index in [-0.39, 0.29) is 5.56 Å². The summed E-state index contributed by atoms with van der Waals surface area (Å²) in [6, 6.07) is 7.32. The summed E-state index contributed by atoms with van der Waals surface area (Å²) in [5, 5.41) is 3.78. The van der Waals surface area contributed by atoms with Crippen molar-refractivity contribution in [2.45, 2.75) is 13.5 Å². The summed E-state index contributed by atoms with van der Waals surface area (Å²) in [7, 11) is 0. The van der Waals surface area contributed by atoms with Crippen LogP contribution in [0.25, 0.3) is 10.9 Å². The number of nitrogens with one attached hydrogen (secondary N) is 2. The van der Waals surface area contributed by atoms with Crippen molar-refractivity contribution in [3.63, 3.8) is 0 Å². The summed E-state index contributed by atoms with van der Waals surface area (Å²) in [4.78, 5) is 18.9. The zero-order valence-electron chi connectivity index (χ0n) is 9.79. The van der Waals surface area contributed by atoms with Crippen LogP contribution in [0.1, 0.15) is 12.7 Å². The fourth-order valence-electron chi connectivity index (χ4n) is 1.61. The van der Waals surface area contributed by atoms with Gasteiger partial charge in [-0.25, -0.2) is 4.98 Å². The van der Waals surface area contributed by atoms with Crippen molar-refractivity contribution < 1.29 is 0 Å². The molecule has 0 radical (unpaired) electrons. The lowest BCUT2D eigenvalue weighted by molar-refractivity contribution is 0.703. The maximum atomic E-state index is 11.8. The third-order valence-corrected chi connectivity index (χ3v) is 2.38. The summed E-state index contributed by atoms with van der Waals surface area (Å²) >= 11 is 0. The van der Waals surface area contributed by atoms with Gasteiger partial charge in [0, 0.05) is 6.54 Å². The summed E-state index contributed by atoms with van der Waals surface area (Å²) in [6.07, 6.45) is 0. The van der Waals surface area contributed by atoms with Crippen LogP contribution in [-0.4, -0.2) is 16.5 Å². The third kappa shape index (κ3) is 2.79. The number of aromatic nitrogens is 2. The van der Waals surface area contributed by atoms with E-state index in [4.69, 9.17) is 0 Å². The molecule has 17 heavy (non-hydrogen) atoms. The zero-order valence-corrected chi connectivity index (χ0v) is 9.79. The molecule has 0 unspecified atom stereocenters. The average Bonchev–Trinajstić information content (AvgIpc) is 2.28. The molecule has 2 aromatic rings. The van der Waals surface area contributed by atoms with Gasteiger partial charge in [0.15, 0.2) is 0 Å². The molecule has 4 nitrogen and oxygen atoms in total. The lowest BCUT2D eigenvalue weighted by atomic mass is 10.2. The Kier molecular flexibility index (Phi) is 3.35. The standard InChI is InChI=1S/C13H15N3O/c1-9(2)7-14-8-12-15-11-6-4-3-5-10(11)13(17)16-12/h3-6,14H,1,7-8H2,2H3,(H,15,16,17). The van der Waals surface area contributed by atoms with Crippen molar-refractivity contribution in [3.05, 3.63) is 52.6 Å². The number of fused-ring (bicyclic) bond motifs is 1. The Hall–Kier alpha value is -1.94. The van der Waals surface area contributed by atoms with Crippen LogP contribution in [0, 0.1) is 0 Å². The number of para-hydroxylation sites is 1. The van der Waals surface area contributed by atoms with Gasteiger partial charge in [-0.05, 0) is 19.1 Å². The average molecular weight is 229 g/mol. The molecule has 0 saturated carbocycles. The molecule has 0 aliphatic carbocycles. The van der Waals surface area contributed by atoms with Crippen LogP contribution >= 0.6 is 0 Å². The highest BCUT2D eigenvalue weighted by molar-refractivity contribution is 5.77. The van der Waals surface area contributed by atoms with E-state index in [9.17, 15) is 4.79 Å². The predicted molar refractivity (Wildman–Crippen MR) is 68.9 cm³/mol. The van der Waals surface area contributed by atoms with Crippen molar-refractivity contribution in [3.8, 4) is 0 Å². The Morgan fingerprint density at radius 2 is 2.24 bits per heavy atom. The smallest absolute Gasteiger partial charge is 0.258 e. The van der Waals surface area contributed by atoms with Crippen molar-refractivity contribution in [2.75, 3.05) is 6.54 Å². The minimum absolute atomic E-state index is 0.0947. The lowest BCUT2D eigenvalue weighted by Crippen LogP contribution is -2.20. The van der Waals surface area contributed by atoms with E-state index < -0.39 is 0 Å². The minimum atomic E-state index is -0.0947. The molecule has 1 aromatic heterocycles. The van der Waals surface area contributed by atoms with E-state index in [0.29, 0.717) is 17.8 Å². The normalized spacial score (nSPS) is 10.6. The van der Waals surface area contributed by atoms with E-state index in [1.54, 1.807) is 6.07 Å². The second-order valence-corrected chi connectivity index (χ2v) is 4.09. The Bertz CT molecular complexity index is 601. The van der Waals surface area contributed by atoms with Gasteiger partial charge in [0.25, 0.3) is 5.56 Å². The summed E-state index contributed by atoms with van der Waals surface area (Å²) in [6.45, 7) is 7.00. The monoisotopic (exact) mass is 229 g/mol.